The number of hydrogen-bond donors (Lipinski definition) is 7. The molecule has 0 unspecified atom stereocenters. The van der Waals surface area contributed by atoms with E-state index < -0.39 is 74.6 Å². The second-order valence-electron chi connectivity index (χ2n) is 9.56. The molecular formula is C24H46O11. The third kappa shape index (κ3) is 9.11. The van der Waals surface area contributed by atoms with Gasteiger partial charge in [0, 0.05) is 6.61 Å². The van der Waals surface area contributed by atoms with Crippen molar-refractivity contribution in [3.8, 4) is 0 Å². The highest BCUT2D eigenvalue weighted by atomic mass is 16.7. The molecule has 0 aromatic heterocycles. The van der Waals surface area contributed by atoms with Crippen molar-refractivity contribution >= 4 is 0 Å². The first-order valence-corrected chi connectivity index (χ1v) is 13.1. The van der Waals surface area contributed by atoms with Crippen LogP contribution in [0.15, 0.2) is 0 Å². The summed E-state index contributed by atoms with van der Waals surface area (Å²) in [4.78, 5) is 0. The number of unbranched alkanes of at least 4 members (excludes halogenated alkanes) is 9. The van der Waals surface area contributed by atoms with Gasteiger partial charge in [-0.3, -0.25) is 0 Å². The summed E-state index contributed by atoms with van der Waals surface area (Å²) < 4.78 is 22.0. The number of aliphatic hydroxyl groups excluding tert-OH is 7. The topological polar surface area (TPSA) is 179 Å². The Labute approximate surface area is 207 Å². The monoisotopic (exact) mass is 510 g/mol. The first-order chi connectivity index (χ1) is 16.8. The van der Waals surface area contributed by atoms with Gasteiger partial charge in [-0.2, -0.15) is 0 Å². The van der Waals surface area contributed by atoms with Crippen molar-refractivity contribution in [3.63, 3.8) is 0 Å². The van der Waals surface area contributed by atoms with Gasteiger partial charge in [0.15, 0.2) is 12.6 Å². The molecule has 0 aliphatic carbocycles. The average Bonchev–Trinajstić information content (AvgIpc) is 2.86. The van der Waals surface area contributed by atoms with Crippen LogP contribution in [0.4, 0.5) is 0 Å². The molecule has 2 fully saturated rings. The number of aliphatic hydroxyl groups is 7. The molecule has 208 valence electrons. The van der Waals surface area contributed by atoms with E-state index in [1.165, 1.54) is 44.9 Å². The van der Waals surface area contributed by atoms with Gasteiger partial charge >= 0.3 is 0 Å². The van der Waals surface area contributed by atoms with E-state index in [9.17, 15) is 35.7 Å². The molecule has 0 radical (unpaired) electrons. The minimum Gasteiger partial charge on any atom is -0.394 e. The van der Waals surface area contributed by atoms with Gasteiger partial charge < -0.3 is 54.7 Å². The van der Waals surface area contributed by atoms with E-state index in [0.29, 0.717) is 6.61 Å². The second-order valence-corrected chi connectivity index (χ2v) is 9.56. The van der Waals surface area contributed by atoms with E-state index in [-0.39, 0.29) is 0 Å². The molecule has 2 saturated heterocycles. The maximum Gasteiger partial charge on any atom is 0.187 e. The predicted molar refractivity (Wildman–Crippen MR) is 124 cm³/mol. The average molecular weight is 511 g/mol. The Bertz CT molecular complexity index is 550. The van der Waals surface area contributed by atoms with Crippen LogP contribution in [-0.2, 0) is 18.9 Å². The summed E-state index contributed by atoms with van der Waals surface area (Å²) in [6.07, 6.45) is -2.63. The zero-order valence-electron chi connectivity index (χ0n) is 20.7. The first-order valence-electron chi connectivity index (χ1n) is 13.1. The van der Waals surface area contributed by atoms with Crippen molar-refractivity contribution in [1.29, 1.82) is 0 Å². The molecule has 10 atom stereocenters. The van der Waals surface area contributed by atoms with E-state index in [1.54, 1.807) is 0 Å². The molecule has 0 spiro atoms. The van der Waals surface area contributed by atoms with Gasteiger partial charge in [-0.15, -0.1) is 0 Å². The highest BCUT2D eigenvalue weighted by Gasteiger charge is 2.50. The van der Waals surface area contributed by atoms with Gasteiger partial charge in [-0.1, -0.05) is 64.7 Å². The SMILES string of the molecule is CCCCCCCCCCCCO[C@@H]1O[C@@H](CO)[C@@H](O[C@H]2O[C@@H](CO)[C@@H](O)[C@@H](O)[C@H]2O)[C@@H](O)[C@H]1O. The quantitative estimate of drug-likeness (QED) is 0.134. The second kappa shape index (κ2) is 16.4. The first kappa shape index (κ1) is 30.8. The van der Waals surface area contributed by atoms with Crippen LogP contribution in [0.5, 0.6) is 0 Å². The van der Waals surface area contributed by atoms with Crippen molar-refractivity contribution in [2.75, 3.05) is 19.8 Å². The lowest BCUT2D eigenvalue weighted by molar-refractivity contribution is -0.359. The summed E-state index contributed by atoms with van der Waals surface area (Å²) in [6, 6.07) is 0. The van der Waals surface area contributed by atoms with Crippen LogP contribution in [0, 0.1) is 0 Å². The summed E-state index contributed by atoms with van der Waals surface area (Å²) in [5.74, 6) is 0. The lowest BCUT2D eigenvalue weighted by Gasteiger charge is -2.45. The number of hydrogen-bond acceptors (Lipinski definition) is 11. The Hall–Kier alpha value is -0.440. The van der Waals surface area contributed by atoms with Crippen LogP contribution in [0.2, 0.25) is 0 Å². The normalized spacial score (nSPS) is 38.1. The lowest BCUT2D eigenvalue weighted by atomic mass is 9.97. The molecule has 11 heteroatoms. The molecule has 7 N–H and O–H groups in total. The highest BCUT2D eigenvalue weighted by molar-refractivity contribution is 4.94. The Morgan fingerprint density at radius 1 is 0.571 bits per heavy atom. The van der Waals surface area contributed by atoms with Crippen LogP contribution < -0.4 is 0 Å². The standard InChI is InChI=1S/C24H46O11/c1-2-3-4-5-6-7-8-9-10-11-12-32-23-21(31)19(29)22(16(14-26)34-23)35-24-20(30)18(28)17(27)15(13-25)33-24/h15-31H,2-14H2,1H3/t15-,16-,17+,18+,19-,20+,21+,22+,23+,24+/m0/s1. The third-order valence-electron chi connectivity index (χ3n) is 6.74. The van der Waals surface area contributed by atoms with Gasteiger partial charge in [0.2, 0.25) is 0 Å². The van der Waals surface area contributed by atoms with Gasteiger partial charge in [0.05, 0.1) is 13.2 Å². The van der Waals surface area contributed by atoms with E-state index in [1.807, 2.05) is 0 Å². The fourth-order valence-electron chi connectivity index (χ4n) is 4.48. The summed E-state index contributed by atoms with van der Waals surface area (Å²) >= 11 is 0. The molecule has 11 nitrogen and oxygen atoms in total. The van der Waals surface area contributed by atoms with Crippen LogP contribution in [-0.4, -0.2) is 117 Å². The van der Waals surface area contributed by atoms with Crippen molar-refractivity contribution in [1.82, 2.24) is 0 Å². The zero-order chi connectivity index (χ0) is 25.8. The molecule has 0 amide bonds. The van der Waals surface area contributed by atoms with Gasteiger partial charge in [0.25, 0.3) is 0 Å². The maximum atomic E-state index is 10.6. The Kier molecular flexibility index (Phi) is 14.4. The number of rotatable bonds is 16. The largest absolute Gasteiger partial charge is 0.394 e. The Balaban J connectivity index is 1.74. The smallest absolute Gasteiger partial charge is 0.187 e. The molecule has 0 aromatic rings. The Morgan fingerprint density at radius 3 is 1.66 bits per heavy atom. The molecule has 2 aliphatic heterocycles. The van der Waals surface area contributed by atoms with Crippen LogP contribution >= 0.6 is 0 Å². The molecule has 2 rings (SSSR count). The summed E-state index contributed by atoms with van der Waals surface area (Å²) in [6.45, 7) is 1.31. The van der Waals surface area contributed by atoms with E-state index >= 15 is 0 Å². The Morgan fingerprint density at radius 2 is 1.09 bits per heavy atom. The molecule has 0 saturated carbocycles. The lowest BCUT2D eigenvalue weighted by Crippen LogP contribution is -2.64. The summed E-state index contributed by atoms with van der Waals surface area (Å²) in [5.41, 5.74) is 0. The molecule has 0 bridgehead atoms. The van der Waals surface area contributed by atoms with Crippen molar-refractivity contribution in [3.05, 3.63) is 0 Å². The van der Waals surface area contributed by atoms with Crippen LogP contribution in [0.25, 0.3) is 0 Å². The highest BCUT2D eigenvalue weighted by Crippen LogP contribution is 2.29. The number of ether oxygens (including phenoxy) is 4. The molecule has 2 aliphatic rings. The fourth-order valence-corrected chi connectivity index (χ4v) is 4.48. The molecule has 35 heavy (non-hydrogen) atoms. The fraction of sp³-hybridized carbons (Fsp3) is 1.00. The predicted octanol–water partition coefficient (Wildman–Crippen LogP) is -0.452. The van der Waals surface area contributed by atoms with Crippen molar-refractivity contribution in [2.24, 2.45) is 0 Å². The van der Waals surface area contributed by atoms with E-state index in [0.717, 1.165) is 19.3 Å². The molecular weight excluding hydrogens is 464 g/mol. The third-order valence-corrected chi connectivity index (χ3v) is 6.74. The minimum atomic E-state index is -1.69. The summed E-state index contributed by atoms with van der Waals surface area (Å²) in [7, 11) is 0. The molecule has 2 heterocycles. The molecule has 0 aromatic carbocycles. The van der Waals surface area contributed by atoms with E-state index in [4.69, 9.17) is 18.9 Å². The minimum absolute atomic E-state index is 0.321. The van der Waals surface area contributed by atoms with Gasteiger partial charge in [0.1, 0.15) is 48.8 Å². The van der Waals surface area contributed by atoms with Crippen molar-refractivity contribution < 1.29 is 54.7 Å². The van der Waals surface area contributed by atoms with Gasteiger partial charge in [-0.25, -0.2) is 0 Å². The van der Waals surface area contributed by atoms with Crippen molar-refractivity contribution in [2.45, 2.75) is 133 Å². The van der Waals surface area contributed by atoms with Crippen LogP contribution in [0.3, 0.4) is 0 Å². The van der Waals surface area contributed by atoms with Gasteiger partial charge in [-0.05, 0) is 6.42 Å². The van der Waals surface area contributed by atoms with E-state index in [2.05, 4.69) is 6.92 Å². The zero-order valence-corrected chi connectivity index (χ0v) is 20.7. The maximum absolute atomic E-state index is 10.6. The summed E-state index contributed by atoms with van der Waals surface area (Å²) in [5, 5.41) is 70.1. The van der Waals surface area contributed by atoms with Crippen LogP contribution in [0.1, 0.15) is 71.1 Å².